The van der Waals surface area contributed by atoms with E-state index in [1.54, 1.807) is 5.82 Å². The summed E-state index contributed by atoms with van der Waals surface area (Å²) in [6.07, 6.45) is 59.3. The van der Waals surface area contributed by atoms with Crippen LogP contribution in [0.5, 0.6) is 0 Å². The van der Waals surface area contributed by atoms with Crippen LogP contribution in [0.2, 0.25) is 0 Å². The summed E-state index contributed by atoms with van der Waals surface area (Å²) in [6.45, 7) is 9.41. The third-order valence-corrected chi connectivity index (χ3v) is 11.1. The highest BCUT2D eigenvalue weighted by atomic mass is 15.1. The van der Waals surface area contributed by atoms with Gasteiger partial charge in [0.05, 0.1) is 13.1 Å². The van der Waals surface area contributed by atoms with E-state index in [1.807, 2.05) is 0 Å². The van der Waals surface area contributed by atoms with E-state index in [1.165, 1.54) is 257 Å². The molecule has 0 aromatic carbocycles. The molecule has 284 valence electrons. The first-order valence-electron chi connectivity index (χ1n) is 22.9. The fourth-order valence-corrected chi connectivity index (χ4v) is 7.74. The fraction of sp³-hybridized carbons (Fsp3) is 0.935. The summed E-state index contributed by atoms with van der Waals surface area (Å²) in [5.74, 6) is 1.63. The van der Waals surface area contributed by atoms with Gasteiger partial charge in [-0.1, -0.05) is 226 Å². The van der Waals surface area contributed by atoms with Crippen molar-refractivity contribution in [1.82, 2.24) is 4.57 Å². The highest BCUT2D eigenvalue weighted by Crippen LogP contribution is 2.16. The Hall–Kier alpha value is -0.790. The van der Waals surface area contributed by atoms with Gasteiger partial charge in [-0.15, -0.1) is 0 Å². The average molecular weight is 672 g/mol. The van der Waals surface area contributed by atoms with Gasteiger partial charge in [0.1, 0.15) is 12.4 Å². The lowest BCUT2D eigenvalue weighted by molar-refractivity contribution is -0.704. The minimum absolute atomic E-state index is 1.23. The van der Waals surface area contributed by atoms with E-state index >= 15 is 0 Å². The topological polar surface area (TPSA) is 8.81 Å². The van der Waals surface area contributed by atoms with E-state index in [0.717, 1.165) is 0 Å². The number of rotatable bonds is 40. The SMILES string of the molecule is CCCCCCCCCCCCCCCCCCCc1n(CCCCCCCCC)cc[n+]1CCCCCCCCCCCCCCC. The summed E-state index contributed by atoms with van der Waals surface area (Å²) in [7, 11) is 0. The second kappa shape index (κ2) is 37.5. The second-order valence-electron chi connectivity index (χ2n) is 15.9. The van der Waals surface area contributed by atoms with Crippen LogP contribution in [-0.4, -0.2) is 4.57 Å². The minimum atomic E-state index is 1.23. The van der Waals surface area contributed by atoms with Crippen LogP contribution >= 0.6 is 0 Å². The minimum Gasteiger partial charge on any atom is -0.234 e. The standard InChI is InChI=1S/C46H91N2/c1-4-7-10-13-16-18-20-22-23-24-25-26-28-30-32-35-38-41-46-47(42-39-36-33-15-12-9-6-3)44-45-48(46)43-40-37-34-31-29-27-21-19-17-14-11-8-5-2/h44-45H,4-43H2,1-3H3/q+1. The van der Waals surface area contributed by atoms with E-state index in [2.05, 4.69) is 42.3 Å². The van der Waals surface area contributed by atoms with Gasteiger partial charge in [0.15, 0.2) is 0 Å². The Morgan fingerprint density at radius 1 is 0.354 bits per heavy atom. The predicted octanol–water partition coefficient (Wildman–Crippen LogP) is 15.8. The highest BCUT2D eigenvalue weighted by molar-refractivity contribution is 4.84. The molecule has 0 fully saturated rings. The number of hydrogen-bond acceptors (Lipinski definition) is 0. The maximum atomic E-state index is 2.65. The van der Waals surface area contributed by atoms with Gasteiger partial charge in [-0.25, -0.2) is 9.13 Å². The third kappa shape index (κ3) is 29.0. The molecule has 0 spiro atoms. The molecule has 0 atom stereocenters. The number of hydrogen-bond donors (Lipinski definition) is 0. The number of imidazole rings is 1. The number of nitrogens with zero attached hydrogens (tertiary/aromatic N) is 2. The average Bonchev–Trinajstić information content (AvgIpc) is 3.48. The lowest BCUT2D eigenvalue weighted by Gasteiger charge is -2.07. The van der Waals surface area contributed by atoms with E-state index in [9.17, 15) is 0 Å². The predicted molar refractivity (Wildman–Crippen MR) is 216 cm³/mol. The van der Waals surface area contributed by atoms with Gasteiger partial charge in [0.2, 0.25) is 0 Å². The van der Waals surface area contributed by atoms with Gasteiger partial charge in [-0.3, -0.25) is 0 Å². The van der Waals surface area contributed by atoms with Crippen LogP contribution in [0.25, 0.3) is 0 Å². The van der Waals surface area contributed by atoms with E-state index in [0.29, 0.717) is 0 Å². The summed E-state index contributed by atoms with van der Waals surface area (Å²) in [5.41, 5.74) is 0. The Morgan fingerprint density at radius 2 is 0.646 bits per heavy atom. The lowest BCUT2D eigenvalue weighted by Crippen LogP contribution is -2.37. The van der Waals surface area contributed by atoms with E-state index in [-0.39, 0.29) is 0 Å². The number of unbranched alkanes of at least 4 members (excludes halogenated alkanes) is 34. The van der Waals surface area contributed by atoms with Crippen LogP contribution in [0.4, 0.5) is 0 Å². The van der Waals surface area contributed by atoms with Crippen molar-refractivity contribution in [2.24, 2.45) is 0 Å². The van der Waals surface area contributed by atoms with Crippen molar-refractivity contribution in [3.8, 4) is 0 Å². The molecule has 0 aliphatic rings. The smallest absolute Gasteiger partial charge is 0.234 e. The summed E-state index contributed by atoms with van der Waals surface area (Å²) in [6, 6.07) is 0. The van der Waals surface area contributed by atoms with Crippen molar-refractivity contribution in [2.45, 2.75) is 278 Å². The van der Waals surface area contributed by atoms with E-state index < -0.39 is 0 Å². The fourth-order valence-electron chi connectivity index (χ4n) is 7.74. The zero-order valence-electron chi connectivity index (χ0n) is 33.8. The summed E-state index contributed by atoms with van der Waals surface area (Å²) >= 11 is 0. The van der Waals surface area contributed by atoms with Crippen molar-refractivity contribution in [2.75, 3.05) is 0 Å². The monoisotopic (exact) mass is 672 g/mol. The van der Waals surface area contributed by atoms with Crippen LogP contribution in [0, 0.1) is 0 Å². The molecule has 0 aliphatic carbocycles. The molecule has 0 amide bonds. The van der Waals surface area contributed by atoms with Gasteiger partial charge < -0.3 is 0 Å². The maximum absolute atomic E-state index is 2.65. The van der Waals surface area contributed by atoms with Crippen LogP contribution in [0.15, 0.2) is 12.4 Å². The van der Waals surface area contributed by atoms with Crippen LogP contribution in [-0.2, 0) is 19.5 Å². The van der Waals surface area contributed by atoms with Crippen LogP contribution < -0.4 is 4.57 Å². The molecule has 2 heteroatoms. The molecule has 0 unspecified atom stereocenters. The Kier molecular flexibility index (Phi) is 35.3. The molecule has 0 radical (unpaired) electrons. The van der Waals surface area contributed by atoms with Gasteiger partial charge in [-0.05, 0) is 32.1 Å². The van der Waals surface area contributed by atoms with Crippen molar-refractivity contribution in [1.29, 1.82) is 0 Å². The van der Waals surface area contributed by atoms with Crippen LogP contribution in [0.3, 0.4) is 0 Å². The third-order valence-electron chi connectivity index (χ3n) is 11.1. The van der Waals surface area contributed by atoms with Crippen molar-refractivity contribution >= 4 is 0 Å². The summed E-state index contributed by atoms with van der Waals surface area (Å²) in [4.78, 5) is 0. The Bertz CT molecular complexity index is 736. The Balaban J connectivity index is 2.20. The first kappa shape index (κ1) is 45.2. The Labute approximate surface area is 304 Å². The quantitative estimate of drug-likeness (QED) is 0.0485. The van der Waals surface area contributed by atoms with Crippen molar-refractivity contribution in [3.63, 3.8) is 0 Å². The van der Waals surface area contributed by atoms with Crippen LogP contribution in [0.1, 0.15) is 264 Å². The molecule has 0 saturated carbocycles. The van der Waals surface area contributed by atoms with Gasteiger partial charge in [0, 0.05) is 6.42 Å². The molecular formula is C46H91N2+. The largest absolute Gasteiger partial charge is 0.256 e. The molecule has 0 aliphatic heterocycles. The molecule has 48 heavy (non-hydrogen) atoms. The molecule has 1 aromatic heterocycles. The maximum Gasteiger partial charge on any atom is 0.256 e. The molecule has 1 rings (SSSR count). The number of aromatic nitrogens is 2. The van der Waals surface area contributed by atoms with Crippen molar-refractivity contribution in [3.05, 3.63) is 18.2 Å². The normalized spacial score (nSPS) is 11.6. The zero-order chi connectivity index (χ0) is 34.4. The van der Waals surface area contributed by atoms with Gasteiger partial charge in [0.25, 0.3) is 5.82 Å². The number of aryl methyl sites for hydroxylation is 2. The highest BCUT2D eigenvalue weighted by Gasteiger charge is 2.16. The molecule has 0 N–H and O–H groups in total. The Morgan fingerprint density at radius 3 is 1.00 bits per heavy atom. The first-order chi connectivity index (χ1) is 23.8. The first-order valence-corrected chi connectivity index (χ1v) is 22.9. The lowest BCUT2D eigenvalue weighted by atomic mass is 10.0. The van der Waals surface area contributed by atoms with E-state index in [4.69, 9.17) is 0 Å². The molecular weight excluding hydrogens is 581 g/mol. The zero-order valence-corrected chi connectivity index (χ0v) is 33.8. The van der Waals surface area contributed by atoms with Crippen molar-refractivity contribution < 1.29 is 4.57 Å². The summed E-state index contributed by atoms with van der Waals surface area (Å²) < 4.78 is 5.28. The molecule has 0 saturated heterocycles. The molecule has 1 aromatic rings. The molecule has 2 nitrogen and oxygen atoms in total. The second-order valence-corrected chi connectivity index (χ2v) is 15.9. The molecule has 0 bridgehead atoms. The summed E-state index contributed by atoms with van der Waals surface area (Å²) in [5, 5.41) is 0. The molecule has 1 heterocycles. The van der Waals surface area contributed by atoms with Gasteiger partial charge >= 0.3 is 0 Å². The van der Waals surface area contributed by atoms with Gasteiger partial charge in [-0.2, -0.15) is 0 Å².